The van der Waals surface area contributed by atoms with Crippen molar-refractivity contribution < 1.29 is 8.95 Å². The number of nitrogens with zero attached hydrogens (tertiary/aromatic N) is 4. The van der Waals surface area contributed by atoms with E-state index in [4.69, 9.17) is 15.5 Å². The number of hydrogen-bond acceptors (Lipinski definition) is 5. The Labute approximate surface area is 180 Å². The minimum Gasteiger partial charge on any atom is -0.382 e. The molecule has 0 aliphatic carbocycles. The zero-order chi connectivity index (χ0) is 20.9. The van der Waals surface area contributed by atoms with Crippen LogP contribution in [0.1, 0.15) is 44.9 Å². The molecule has 4 rings (SSSR count). The molecule has 0 amide bonds. The molecule has 8 heteroatoms. The summed E-state index contributed by atoms with van der Waals surface area (Å²) in [6.07, 6.45) is 5.43. The van der Waals surface area contributed by atoms with Crippen LogP contribution in [0.25, 0.3) is 21.9 Å². The van der Waals surface area contributed by atoms with E-state index in [1.165, 1.54) is 6.42 Å². The maximum Gasteiger partial charge on any atom is 0.152 e. The number of imidazole rings is 1. The standard InChI is InChI=1S/C22H31N5O2S/c1-2-29-16-19-25-20-21(17-10-4-5-11-18(17)24-22(20)23)27(19)14-8-9-15-30(28)26-12-6-3-7-13-26/h4-5,10-11H,2-3,6-9,12-16H2,1H3,(H2,23,24). The van der Waals surface area contributed by atoms with Crippen molar-refractivity contribution in [1.29, 1.82) is 0 Å². The van der Waals surface area contributed by atoms with Crippen LogP contribution in [-0.4, -0.2) is 48.5 Å². The van der Waals surface area contributed by atoms with Crippen LogP contribution in [0.2, 0.25) is 0 Å². The highest BCUT2D eigenvalue weighted by Gasteiger charge is 2.18. The summed E-state index contributed by atoms with van der Waals surface area (Å²) in [5, 5.41) is 1.05. The van der Waals surface area contributed by atoms with E-state index in [2.05, 4.69) is 19.9 Å². The van der Waals surface area contributed by atoms with Crippen LogP contribution in [0.15, 0.2) is 24.3 Å². The molecule has 3 heterocycles. The summed E-state index contributed by atoms with van der Waals surface area (Å²) in [5.74, 6) is 2.04. The SMILES string of the molecule is CCOCc1nc2c(N)nc3ccccc3c2n1CCCCS(=O)N1CCCCC1. The molecule has 0 radical (unpaired) electrons. The first-order valence-electron chi connectivity index (χ1n) is 10.9. The van der Waals surface area contributed by atoms with Gasteiger partial charge in [-0.1, -0.05) is 24.6 Å². The summed E-state index contributed by atoms with van der Waals surface area (Å²) in [5.41, 5.74) is 8.86. The number of anilines is 1. The van der Waals surface area contributed by atoms with Gasteiger partial charge < -0.3 is 15.0 Å². The number of ether oxygens (including phenoxy) is 1. The number of para-hydroxylation sites is 1. The summed E-state index contributed by atoms with van der Waals surface area (Å²) in [6.45, 7) is 5.79. The van der Waals surface area contributed by atoms with Gasteiger partial charge in [0.2, 0.25) is 0 Å². The van der Waals surface area contributed by atoms with Gasteiger partial charge in [-0.15, -0.1) is 0 Å². The van der Waals surface area contributed by atoms with Crippen molar-refractivity contribution in [3.8, 4) is 0 Å². The van der Waals surface area contributed by atoms with Gasteiger partial charge in [0.25, 0.3) is 0 Å². The fourth-order valence-electron chi connectivity index (χ4n) is 4.14. The van der Waals surface area contributed by atoms with E-state index in [1.807, 2.05) is 25.1 Å². The van der Waals surface area contributed by atoms with Crippen molar-refractivity contribution in [2.75, 3.05) is 31.2 Å². The number of aromatic nitrogens is 3. The van der Waals surface area contributed by atoms with E-state index in [-0.39, 0.29) is 0 Å². The topological polar surface area (TPSA) is 86.3 Å². The molecule has 7 nitrogen and oxygen atoms in total. The Bertz CT molecular complexity index is 1030. The average molecular weight is 430 g/mol. The van der Waals surface area contributed by atoms with Crippen LogP contribution in [0, 0.1) is 0 Å². The zero-order valence-electron chi connectivity index (χ0n) is 17.7. The monoisotopic (exact) mass is 429 g/mol. The molecule has 162 valence electrons. The Morgan fingerprint density at radius 2 is 1.93 bits per heavy atom. The number of unbranched alkanes of at least 4 members (excludes halogenated alkanes) is 1. The molecule has 0 bridgehead atoms. The third-order valence-electron chi connectivity index (χ3n) is 5.68. The highest BCUT2D eigenvalue weighted by Crippen LogP contribution is 2.29. The first-order valence-corrected chi connectivity index (χ1v) is 12.2. The highest BCUT2D eigenvalue weighted by atomic mass is 32.2. The Balaban J connectivity index is 1.54. The molecular weight excluding hydrogens is 398 g/mol. The molecule has 1 fully saturated rings. The number of nitrogen functional groups attached to an aromatic ring is 1. The third-order valence-corrected chi connectivity index (χ3v) is 7.26. The van der Waals surface area contributed by atoms with Crippen molar-refractivity contribution in [3.05, 3.63) is 30.1 Å². The molecule has 1 saturated heterocycles. The largest absolute Gasteiger partial charge is 0.382 e. The molecule has 2 aromatic heterocycles. The normalized spacial score (nSPS) is 16.4. The van der Waals surface area contributed by atoms with Crippen molar-refractivity contribution in [2.45, 2.75) is 52.2 Å². The second-order valence-electron chi connectivity index (χ2n) is 7.75. The lowest BCUT2D eigenvalue weighted by atomic mass is 10.2. The molecule has 30 heavy (non-hydrogen) atoms. The third kappa shape index (κ3) is 4.50. The van der Waals surface area contributed by atoms with E-state index < -0.39 is 11.0 Å². The number of benzene rings is 1. The molecule has 2 N–H and O–H groups in total. The fourth-order valence-corrected chi connectivity index (χ4v) is 5.52. The second-order valence-corrected chi connectivity index (χ2v) is 9.32. The van der Waals surface area contributed by atoms with E-state index in [0.717, 1.165) is 78.8 Å². The van der Waals surface area contributed by atoms with Gasteiger partial charge in [0, 0.05) is 37.4 Å². The molecular formula is C22H31N5O2S. The summed E-state index contributed by atoms with van der Waals surface area (Å²) >= 11 is 0. The Kier molecular flexibility index (Phi) is 6.97. The van der Waals surface area contributed by atoms with E-state index >= 15 is 0 Å². The van der Waals surface area contributed by atoms with Crippen LogP contribution in [-0.2, 0) is 28.9 Å². The lowest BCUT2D eigenvalue weighted by Crippen LogP contribution is -2.32. The molecule has 0 spiro atoms. The van der Waals surface area contributed by atoms with Gasteiger partial charge >= 0.3 is 0 Å². The first-order chi connectivity index (χ1) is 14.7. The second kappa shape index (κ2) is 9.85. The van der Waals surface area contributed by atoms with E-state index in [9.17, 15) is 4.21 Å². The summed E-state index contributed by atoms with van der Waals surface area (Å²) < 4.78 is 22.6. The molecule has 1 aliphatic heterocycles. The summed E-state index contributed by atoms with van der Waals surface area (Å²) in [4.78, 5) is 9.29. The van der Waals surface area contributed by atoms with Crippen molar-refractivity contribution >= 4 is 38.7 Å². The molecule has 1 aromatic carbocycles. The van der Waals surface area contributed by atoms with E-state index in [0.29, 0.717) is 19.0 Å². The minimum atomic E-state index is -0.864. The smallest absolute Gasteiger partial charge is 0.152 e. The van der Waals surface area contributed by atoms with Gasteiger partial charge in [0.05, 0.1) is 22.0 Å². The number of pyridine rings is 1. The number of aryl methyl sites for hydroxylation is 1. The van der Waals surface area contributed by atoms with Crippen LogP contribution in [0.5, 0.6) is 0 Å². The van der Waals surface area contributed by atoms with Crippen molar-refractivity contribution in [2.24, 2.45) is 0 Å². The molecule has 1 unspecified atom stereocenters. The highest BCUT2D eigenvalue weighted by molar-refractivity contribution is 7.82. The predicted octanol–water partition coefficient (Wildman–Crippen LogP) is 3.63. The van der Waals surface area contributed by atoms with Crippen LogP contribution >= 0.6 is 0 Å². The molecule has 1 aliphatic rings. The van der Waals surface area contributed by atoms with Crippen LogP contribution in [0.4, 0.5) is 5.82 Å². The predicted molar refractivity (Wildman–Crippen MR) is 122 cm³/mol. The number of nitrogens with two attached hydrogens (primary N) is 1. The number of rotatable bonds is 9. The minimum absolute atomic E-state index is 0.443. The van der Waals surface area contributed by atoms with Crippen LogP contribution in [0.3, 0.4) is 0 Å². The molecule has 3 aromatic rings. The zero-order valence-corrected chi connectivity index (χ0v) is 18.5. The number of piperidine rings is 1. The maximum absolute atomic E-state index is 12.6. The van der Waals surface area contributed by atoms with Gasteiger partial charge in [-0.2, -0.15) is 0 Å². The van der Waals surface area contributed by atoms with Gasteiger partial charge in [-0.05, 0) is 38.7 Å². The Morgan fingerprint density at radius 3 is 2.73 bits per heavy atom. The quantitative estimate of drug-likeness (QED) is 0.525. The Morgan fingerprint density at radius 1 is 1.13 bits per heavy atom. The fraction of sp³-hybridized carbons (Fsp3) is 0.545. The Hall–Kier alpha value is -2.03. The van der Waals surface area contributed by atoms with E-state index in [1.54, 1.807) is 0 Å². The first kappa shape index (κ1) is 21.2. The van der Waals surface area contributed by atoms with Gasteiger partial charge in [-0.25, -0.2) is 18.5 Å². The average Bonchev–Trinajstić information content (AvgIpc) is 3.15. The number of hydrogen-bond donors (Lipinski definition) is 1. The van der Waals surface area contributed by atoms with Crippen molar-refractivity contribution in [3.63, 3.8) is 0 Å². The number of fused-ring (bicyclic) bond motifs is 3. The lowest BCUT2D eigenvalue weighted by Gasteiger charge is -2.25. The van der Waals surface area contributed by atoms with Gasteiger partial charge in [-0.3, -0.25) is 0 Å². The summed E-state index contributed by atoms with van der Waals surface area (Å²) in [6, 6.07) is 8.03. The lowest BCUT2D eigenvalue weighted by molar-refractivity contribution is 0.126. The maximum atomic E-state index is 12.6. The van der Waals surface area contributed by atoms with Crippen molar-refractivity contribution in [1.82, 2.24) is 18.8 Å². The van der Waals surface area contributed by atoms with Gasteiger partial charge in [0.15, 0.2) is 5.82 Å². The molecule has 1 atom stereocenters. The summed E-state index contributed by atoms with van der Waals surface area (Å²) in [7, 11) is -0.864. The van der Waals surface area contributed by atoms with Gasteiger partial charge in [0.1, 0.15) is 17.9 Å². The van der Waals surface area contributed by atoms with Crippen LogP contribution < -0.4 is 5.73 Å². The molecule has 0 saturated carbocycles.